The Morgan fingerprint density at radius 1 is 1.18 bits per heavy atom. The van der Waals surface area contributed by atoms with E-state index in [1.54, 1.807) is 18.2 Å². The normalized spacial score (nSPS) is 16.8. The molecule has 33 heavy (non-hydrogen) atoms. The Morgan fingerprint density at radius 2 is 1.97 bits per heavy atom. The van der Waals surface area contributed by atoms with Crippen molar-refractivity contribution in [3.63, 3.8) is 0 Å². The van der Waals surface area contributed by atoms with Crippen molar-refractivity contribution in [3.05, 3.63) is 72.0 Å². The van der Waals surface area contributed by atoms with Crippen molar-refractivity contribution in [1.29, 1.82) is 5.26 Å². The topological polar surface area (TPSA) is 82.6 Å². The van der Waals surface area contributed by atoms with Crippen LogP contribution in [0.15, 0.2) is 59.4 Å². The number of benzene rings is 1. The molecule has 2 aliphatic rings. The lowest BCUT2D eigenvalue weighted by Crippen LogP contribution is -2.54. The van der Waals surface area contributed by atoms with E-state index in [4.69, 9.17) is 9.15 Å². The third-order valence-corrected chi connectivity index (χ3v) is 6.60. The first-order valence-electron chi connectivity index (χ1n) is 10.8. The average molecular weight is 441 g/mol. The van der Waals surface area contributed by atoms with Crippen LogP contribution in [0, 0.1) is 25.2 Å². The molecule has 0 unspecified atom stereocenters. The molecule has 2 fully saturated rings. The van der Waals surface area contributed by atoms with E-state index in [-0.39, 0.29) is 5.91 Å². The first-order valence-corrected chi connectivity index (χ1v) is 10.8. The van der Waals surface area contributed by atoms with Gasteiger partial charge in [0.25, 0.3) is 5.91 Å². The summed E-state index contributed by atoms with van der Waals surface area (Å²) in [4.78, 5) is 21.6. The van der Waals surface area contributed by atoms with Gasteiger partial charge < -0.3 is 14.1 Å². The highest BCUT2D eigenvalue weighted by molar-refractivity contribution is 6.11. The molecule has 1 aliphatic carbocycles. The van der Waals surface area contributed by atoms with E-state index in [1.807, 2.05) is 55.1 Å². The number of carbonyl (C=O) groups excluding carboxylic acids is 1. The van der Waals surface area contributed by atoms with Crippen LogP contribution in [0.25, 0.3) is 11.3 Å². The van der Waals surface area contributed by atoms with Gasteiger partial charge in [0.05, 0.1) is 24.6 Å². The summed E-state index contributed by atoms with van der Waals surface area (Å²) in [5, 5.41) is 9.22. The van der Waals surface area contributed by atoms with Gasteiger partial charge in [0.1, 0.15) is 40.4 Å². The number of hydrogen-bond donors (Lipinski definition) is 0. The van der Waals surface area contributed by atoms with Gasteiger partial charge in [-0.3, -0.25) is 9.69 Å². The predicted octanol–water partition coefficient (Wildman–Crippen LogP) is 5.09. The lowest BCUT2D eigenvalue weighted by molar-refractivity contribution is -0.123. The smallest absolute Gasteiger partial charge is 0.259 e. The van der Waals surface area contributed by atoms with Crippen LogP contribution in [0.1, 0.15) is 36.3 Å². The van der Waals surface area contributed by atoms with E-state index in [0.717, 1.165) is 47.6 Å². The number of carbonyl (C=O) groups is 1. The van der Waals surface area contributed by atoms with Crippen molar-refractivity contribution in [2.45, 2.75) is 38.6 Å². The highest BCUT2D eigenvalue weighted by atomic mass is 16.5. The fourth-order valence-electron chi connectivity index (χ4n) is 4.78. The lowest BCUT2D eigenvalue weighted by Gasteiger charge is -2.43. The van der Waals surface area contributed by atoms with Crippen molar-refractivity contribution in [2.75, 3.05) is 16.9 Å². The molecule has 1 aliphatic heterocycles. The zero-order chi connectivity index (χ0) is 23.3. The second kappa shape index (κ2) is 7.52. The number of rotatable bonds is 4. The van der Waals surface area contributed by atoms with Crippen LogP contribution in [0.2, 0.25) is 0 Å². The summed E-state index contributed by atoms with van der Waals surface area (Å²) in [5.74, 6) is 2.76. The quantitative estimate of drug-likeness (QED) is 0.562. The second-order valence-corrected chi connectivity index (χ2v) is 8.54. The molecule has 166 valence electrons. The summed E-state index contributed by atoms with van der Waals surface area (Å²) in [5.41, 5.74) is 2.68. The largest absolute Gasteiger partial charge is 0.496 e. The number of nitriles is 1. The maximum Gasteiger partial charge on any atom is 0.259 e. The number of amides is 1. The molecule has 2 aromatic heterocycles. The number of ether oxygens (including phenoxy) is 1. The average Bonchev–Trinajstić information content (AvgIpc) is 3.31. The Kier molecular flexibility index (Phi) is 4.75. The summed E-state index contributed by atoms with van der Waals surface area (Å²) >= 11 is 0. The highest BCUT2D eigenvalue weighted by Gasteiger charge is 2.58. The summed E-state index contributed by atoms with van der Waals surface area (Å²) in [6.07, 6.45) is 4.01. The van der Waals surface area contributed by atoms with Crippen molar-refractivity contribution < 1.29 is 13.9 Å². The molecule has 1 spiro atoms. The highest BCUT2D eigenvalue weighted by Crippen LogP contribution is 2.51. The molecule has 7 heteroatoms. The maximum absolute atomic E-state index is 13.7. The molecule has 3 aromatic rings. The minimum Gasteiger partial charge on any atom is -0.496 e. The zero-order valence-corrected chi connectivity index (χ0v) is 18.9. The van der Waals surface area contributed by atoms with Crippen molar-refractivity contribution in [1.82, 2.24) is 4.98 Å². The molecule has 3 heterocycles. The van der Waals surface area contributed by atoms with Gasteiger partial charge >= 0.3 is 0 Å². The minimum atomic E-state index is -0.674. The number of aromatic nitrogens is 1. The fourth-order valence-corrected chi connectivity index (χ4v) is 4.78. The molecule has 0 atom stereocenters. The molecule has 7 nitrogen and oxygen atoms in total. The molecule has 1 amide bonds. The minimum absolute atomic E-state index is 0.0191. The van der Waals surface area contributed by atoms with Crippen LogP contribution in [0.4, 0.5) is 11.4 Å². The lowest BCUT2D eigenvalue weighted by atomic mass is 9.75. The Morgan fingerprint density at radius 3 is 2.55 bits per heavy atom. The number of hydrogen-bond acceptors (Lipinski definition) is 6. The third kappa shape index (κ3) is 3.02. The Hall–Kier alpha value is -4.05. The molecule has 1 saturated carbocycles. The molecular weight excluding hydrogens is 416 g/mol. The van der Waals surface area contributed by atoms with Gasteiger partial charge in [-0.05, 0) is 69.0 Å². The van der Waals surface area contributed by atoms with Crippen LogP contribution in [0.5, 0.6) is 5.75 Å². The standard InChI is InChI=1S/C26H24N4O3/c1-16-12-20(15-28-22(16)14-27)29-18(3)30(26(25(29)31)10-5-11-26)19-7-8-21(24(13-19)32-4)23-9-6-17(2)33-23/h6-9,12-13,15H,3,5,10-11H2,1-2,4H3. The van der Waals surface area contributed by atoms with E-state index in [0.29, 0.717) is 23.0 Å². The Bertz CT molecular complexity index is 1330. The van der Waals surface area contributed by atoms with Crippen LogP contribution in [-0.2, 0) is 4.79 Å². The first kappa shape index (κ1) is 20.8. The SMILES string of the molecule is C=C1N(c2cnc(C#N)c(C)c2)C(=O)C2(CCC2)N1c1ccc(-c2ccc(C)o2)c(OC)c1. The number of aryl methyl sites for hydroxylation is 2. The van der Waals surface area contributed by atoms with Crippen LogP contribution in [-0.4, -0.2) is 23.5 Å². The van der Waals surface area contributed by atoms with Gasteiger partial charge in [-0.2, -0.15) is 5.26 Å². The molecular formula is C26H24N4O3. The zero-order valence-electron chi connectivity index (χ0n) is 18.9. The summed E-state index contributed by atoms with van der Waals surface area (Å²) < 4.78 is 11.5. The van der Waals surface area contributed by atoms with Crippen LogP contribution < -0.4 is 14.5 Å². The molecule has 5 rings (SSSR count). The Labute approximate surface area is 192 Å². The van der Waals surface area contributed by atoms with Gasteiger partial charge in [-0.25, -0.2) is 4.98 Å². The first-order chi connectivity index (χ1) is 15.9. The van der Waals surface area contributed by atoms with E-state index in [2.05, 4.69) is 17.6 Å². The monoisotopic (exact) mass is 440 g/mol. The molecule has 0 radical (unpaired) electrons. The number of methoxy groups -OCH3 is 1. The summed E-state index contributed by atoms with van der Waals surface area (Å²) in [6.45, 7) is 8.00. The van der Waals surface area contributed by atoms with Gasteiger partial charge in [-0.15, -0.1) is 0 Å². The number of anilines is 2. The van der Waals surface area contributed by atoms with Crippen molar-refractivity contribution in [3.8, 4) is 23.1 Å². The maximum atomic E-state index is 13.7. The van der Waals surface area contributed by atoms with E-state index >= 15 is 0 Å². The van der Waals surface area contributed by atoms with Gasteiger partial charge in [0.2, 0.25) is 0 Å². The fraction of sp³-hybridized carbons (Fsp3) is 0.269. The van der Waals surface area contributed by atoms with E-state index < -0.39 is 5.54 Å². The number of furan rings is 1. The van der Waals surface area contributed by atoms with Gasteiger partial charge in [0, 0.05) is 11.8 Å². The molecule has 0 N–H and O–H groups in total. The molecule has 1 aromatic carbocycles. The predicted molar refractivity (Wildman–Crippen MR) is 125 cm³/mol. The summed E-state index contributed by atoms with van der Waals surface area (Å²) in [7, 11) is 1.62. The second-order valence-electron chi connectivity index (χ2n) is 8.54. The van der Waals surface area contributed by atoms with Crippen LogP contribution in [0.3, 0.4) is 0 Å². The van der Waals surface area contributed by atoms with Gasteiger partial charge in [0.15, 0.2) is 0 Å². The van der Waals surface area contributed by atoms with Crippen LogP contribution >= 0.6 is 0 Å². The van der Waals surface area contributed by atoms with Crippen molar-refractivity contribution in [2.24, 2.45) is 0 Å². The number of pyridine rings is 1. The molecule has 1 saturated heterocycles. The van der Waals surface area contributed by atoms with Crippen molar-refractivity contribution >= 4 is 17.3 Å². The third-order valence-electron chi connectivity index (χ3n) is 6.60. The number of nitrogens with zero attached hydrogens (tertiary/aromatic N) is 4. The summed E-state index contributed by atoms with van der Waals surface area (Å²) in [6, 6.07) is 13.6. The molecule has 0 bridgehead atoms. The van der Waals surface area contributed by atoms with Gasteiger partial charge in [-0.1, -0.05) is 6.58 Å². The van der Waals surface area contributed by atoms with E-state index in [1.165, 1.54) is 0 Å². The Balaban J connectivity index is 1.58. The van der Waals surface area contributed by atoms with E-state index in [9.17, 15) is 10.1 Å².